The van der Waals surface area contributed by atoms with Crippen LogP contribution in [0.3, 0.4) is 0 Å². The first-order valence-electron chi connectivity index (χ1n) is 4.27. The molecule has 1 rings (SSSR count). The minimum absolute atomic E-state index is 0.0400. The number of carbonyl (C=O) groups is 1. The molecule has 1 heterocycles. The minimum Gasteiger partial charge on any atom is -0.394 e. The van der Waals surface area contributed by atoms with Crippen LogP contribution in [0.15, 0.2) is 0 Å². The predicted molar refractivity (Wildman–Crippen MR) is 45.3 cm³/mol. The van der Waals surface area contributed by atoms with Crippen LogP contribution in [-0.4, -0.2) is 62.0 Å². The normalized spacial score (nSPS) is 23.7. The lowest BCUT2D eigenvalue weighted by Gasteiger charge is -2.31. The molecule has 0 bridgehead atoms. The van der Waals surface area contributed by atoms with Crippen molar-refractivity contribution < 1.29 is 19.4 Å². The molecule has 0 aromatic heterocycles. The molecule has 0 aromatic carbocycles. The second-order valence-electron chi connectivity index (χ2n) is 2.95. The summed E-state index contributed by atoms with van der Waals surface area (Å²) in [4.78, 5) is 12.9. The van der Waals surface area contributed by atoms with Crippen molar-refractivity contribution >= 4 is 5.91 Å². The number of carbonyl (C=O) groups excluding carboxylic acids is 1. The lowest BCUT2D eigenvalue weighted by Crippen LogP contribution is -2.48. The summed E-state index contributed by atoms with van der Waals surface area (Å²) in [6, 6.07) is 0. The zero-order chi connectivity index (χ0) is 9.68. The Kier molecular flexibility index (Phi) is 4.14. The maximum Gasteiger partial charge on any atom is 0.248 e. The topological polar surface area (TPSA) is 59.0 Å². The van der Waals surface area contributed by atoms with E-state index in [-0.39, 0.29) is 25.2 Å². The van der Waals surface area contributed by atoms with Crippen molar-refractivity contribution in [1.29, 1.82) is 0 Å². The Morgan fingerprint density at radius 1 is 1.77 bits per heavy atom. The van der Waals surface area contributed by atoms with Gasteiger partial charge in [0, 0.05) is 20.2 Å². The van der Waals surface area contributed by atoms with Crippen molar-refractivity contribution in [2.75, 3.05) is 40.0 Å². The van der Waals surface area contributed by atoms with E-state index in [2.05, 4.69) is 0 Å². The number of aliphatic hydroxyl groups excluding tert-OH is 1. The summed E-state index contributed by atoms with van der Waals surface area (Å²) in [5.41, 5.74) is 0. The molecule has 13 heavy (non-hydrogen) atoms. The van der Waals surface area contributed by atoms with E-state index in [0.29, 0.717) is 19.7 Å². The third-order valence-corrected chi connectivity index (χ3v) is 1.99. The number of methoxy groups -OCH3 is 1. The molecule has 0 saturated carbocycles. The predicted octanol–water partition coefficient (Wildman–Crippen LogP) is -1.15. The van der Waals surface area contributed by atoms with E-state index in [1.807, 2.05) is 0 Å². The van der Waals surface area contributed by atoms with E-state index < -0.39 is 0 Å². The second kappa shape index (κ2) is 5.16. The molecule has 76 valence electrons. The average molecular weight is 189 g/mol. The number of hydrogen-bond donors (Lipinski definition) is 1. The fourth-order valence-corrected chi connectivity index (χ4v) is 1.21. The van der Waals surface area contributed by atoms with E-state index in [1.165, 1.54) is 0 Å². The van der Waals surface area contributed by atoms with Gasteiger partial charge in [-0.1, -0.05) is 0 Å². The smallest absolute Gasteiger partial charge is 0.248 e. The van der Waals surface area contributed by atoms with Gasteiger partial charge >= 0.3 is 0 Å². The molecule has 1 aliphatic heterocycles. The third-order valence-electron chi connectivity index (χ3n) is 1.99. The number of amides is 1. The van der Waals surface area contributed by atoms with Gasteiger partial charge in [-0.3, -0.25) is 4.79 Å². The number of nitrogens with zero attached hydrogens (tertiary/aromatic N) is 1. The van der Waals surface area contributed by atoms with Gasteiger partial charge in [-0.05, 0) is 0 Å². The van der Waals surface area contributed by atoms with Crippen molar-refractivity contribution in [2.24, 2.45) is 0 Å². The highest BCUT2D eigenvalue weighted by Gasteiger charge is 2.24. The Balaban J connectivity index is 2.36. The highest BCUT2D eigenvalue weighted by molar-refractivity contribution is 5.78. The van der Waals surface area contributed by atoms with Crippen LogP contribution in [0.25, 0.3) is 0 Å². The van der Waals surface area contributed by atoms with Crippen molar-refractivity contribution in [2.45, 2.75) is 6.10 Å². The summed E-state index contributed by atoms with van der Waals surface area (Å²) in [5, 5.41) is 8.83. The van der Waals surface area contributed by atoms with Crippen LogP contribution < -0.4 is 0 Å². The van der Waals surface area contributed by atoms with E-state index in [1.54, 1.807) is 12.0 Å². The number of rotatable bonds is 4. The summed E-state index contributed by atoms with van der Waals surface area (Å²) in [6.45, 7) is 1.56. The quantitative estimate of drug-likeness (QED) is 0.607. The second-order valence-corrected chi connectivity index (χ2v) is 2.95. The van der Waals surface area contributed by atoms with Gasteiger partial charge in [0.15, 0.2) is 0 Å². The van der Waals surface area contributed by atoms with E-state index >= 15 is 0 Å². The fourth-order valence-electron chi connectivity index (χ4n) is 1.21. The van der Waals surface area contributed by atoms with E-state index in [4.69, 9.17) is 14.6 Å². The summed E-state index contributed by atoms with van der Waals surface area (Å²) in [6.07, 6.45) is -0.241. The largest absolute Gasteiger partial charge is 0.394 e. The van der Waals surface area contributed by atoms with Crippen LogP contribution >= 0.6 is 0 Å². The summed E-state index contributed by atoms with van der Waals surface area (Å²) in [5.74, 6) is -0.0400. The van der Waals surface area contributed by atoms with Crippen molar-refractivity contribution in [1.82, 2.24) is 4.90 Å². The third kappa shape index (κ3) is 2.95. The number of ether oxygens (including phenoxy) is 2. The van der Waals surface area contributed by atoms with Crippen molar-refractivity contribution in [3.63, 3.8) is 0 Å². The maximum absolute atomic E-state index is 11.2. The number of morpholine rings is 1. The van der Waals surface area contributed by atoms with Gasteiger partial charge in [-0.25, -0.2) is 0 Å². The molecule has 0 aromatic rings. The van der Waals surface area contributed by atoms with Crippen LogP contribution in [-0.2, 0) is 14.3 Å². The van der Waals surface area contributed by atoms with Gasteiger partial charge in [-0.15, -0.1) is 0 Å². The standard InChI is InChI=1S/C8H15NO4/c1-12-3-2-9-4-7(5-10)13-6-8(9)11/h7,10H,2-6H2,1H3. The van der Waals surface area contributed by atoms with Crippen molar-refractivity contribution in [3.8, 4) is 0 Å². The fraction of sp³-hybridized carbons (Fsp3) is 0.875. The first-order valence-corrected chi connectivity index (χ1v) is 4.27. The average Bonchev–Trinajstić information content (AvgIpc) is 2.17. The molecule has 5 heteroatoms. The minimum atomic E-state index is -0.241. The lowest BCUT2D eigenvalue weighted by molar-refractivity contribution is -0.151. The first kappa shape index (κ1) is 10.4. The Morgan fingerprint density at radius 2 is 2.54 bits per heavy atom. The van der Waals surface area contributed by atoms with Crippen molar-refractivity contribution in [3.05, 3.63) is 0 Å². The van der Waals surface area contributed by atoms with Gasteiger partial charge in [0.25, 0.3) is 0 Å². The van der Waals surface area contributed by atoms with E-state index in [9.17, 15) is 4.79 Å². The molecule has 1 fully saturated rings. The van der Waals surface area contributed by atoms with Gasteiger partial charge in [0.2, 0.25) is 5.91 Å². The van der Waals surface area contributed by atoms with Gasteiger partial charge in [0.1, 0.15) is 6.61 Å². The van der Waals surface area contributed by atoms with Crippen LogP contribution in [0.1, 0.15) is 0 Å². The van der Waals surface area contributed by atoms with E-state index in [0.717, 1.165) is 0 Å². The van der Waals surface area contributed by atoms with Crippen LogP contribution in [0, 0.1) is 0 Å². The molecule has 0 radical (unpaired) electrons. The highest BCUT2D eigenvalue weighted by Crippen LogP contribution is 2.05. The molecule has 0 aliphatic carbocycles. The summed E-state index contributed by atoms with van der Waals surface area (Å²) >= 11 is 0. The Morgan fingerprint density at radius 3 is 3.15 bits per heavy atom. The molecular formula is C8H15NO4. The van der Waals surface area contributed by atoms with Crippen LogP contribution in [0.5, 0.6) is 0 Å². The monoisotopic (exact) mass is 189 g/mol. The molecule has 0 spiro atoms. The molecule has 1 saturated heterocycles. The Bertz CT molecular complexity index is 174. The molecule has 5 nitrogen and oxygen atoms in total. The van der Waals surface area contributed by atoms with Crippen LogP contribution in [0.4, 0.5) is 0 Å². The molecule has 1 unspecified atom stereocenters. The highest BCUT2D eigenvalue weighted by atomic mass is 16.5. The van der Waals surface area contributed by atoms with Gasteiger partial charge in [0.05, 0.1) is 19.3 Å². The molecule has 1 amide bonds. The summed E-state index contributed by atoms with van der Waals surface area (Å²) in [7, 11) is 1.59. The number of aliphatic hydroxyl groups is 1. The Hall–Kier alpha value is -0.650. The SMILES string of the molecule is COCCN1CC(CO)OCC1=O. The van der Waals surface area contributed by atoms with Gasteiger partial charge in [-0.2, -0.15) is 0 Å². The van der Waals surface area contributed by atoms with Crippen LogP contribution in [0.2, 0.25) is 0 Å². The number of hydrogen-bond acceptors (Lipinski definition) is 4. The molecular weight excluding hydrogens is 174 g/mol. The Labute approximate surface area is 77.2 Å². The zero-order valence-corrected chi connectivity index (χ0v) is 7.73. The zero-order valence-electron chi connectivity index (χ0n) is 7.73. The van der Waals surface area contributed by atoms with Gasteiger partial charge < -0.3 is 19.5 Å². The lowest BCUT2D eigenvalue weighted by atomic mass is 10.3. The first-order chi connectivity index (χ1) is 6.27. The molecule has 1 aliphatic rings. The summed E-state index contributed by atoms with van der Waals surface area (Å²) < 4.78 is 9.93. The maximum atomic E-state index is 11.2. The molecule has 1 atom stereocenters. The molecule has 1 N–H and O–H groups in total.